The third-order valence-electron chi connectivity index (χ3n) is 2.15. The molecule has 0 radical (unpaired) electrons. The van der Waals surface area contributed by atoms with Crippen molar-refractivity contribution in [1.82, 2.24) is 9.62 Å². The van der Waals surface area contributed by atoms with Crippen LogP contribution in [0, 0.1) is 0 Å². The number of nitrogens with one attached hydrogen (secondary N) is 1. The van der Waals surface area contributed by atoms with Crippen molar-refractivity contribution in [3.8, 4) is 0 Å². The molecule has 4 N–H and O–H groups in total. The van der Waals surface area contributed by atoms with Crippen molar-refractivity contribution in [1.29, 1.82) is 0 Å². The molecule has 0 saturated heterocycles. The third kappa shape index (κ3) is 6.52. The molecule has 11 heteroatoms. The molecule has 0 rings (SSSR count). The SMILES string of the molecule is O=C(O)CCC(C(=O)O)N(S)C(=O)NCC(S)C(=O)O. The lowest BCUT2D eigenvalue weighted by Crippen LogP contribution is -2.46. The summed E-state index contributed by atoms with van der Waals surface area (Å²) in [5.41, 5.74) is 0. The first kappa shape index (κ1) is 18.4. The molecule has 0 aromatic heterocycles. The Morgan fingerprint density at radius 1 is 1.10 bits per heavy atom. The van der Waals surface area contributed by atoms with Crippen LogP contribution in [0.1, 0.15) is 12.8 Å². The number of rotatable bonds is 8. The number of urea groups is 1. The van der Waals surface area contributed by atoms with Crippen LogP contribution in [-0.2, 0) is 14.4 Å². The van der Waals surface area contributed by atoms with Gasteiger partial charge in [0, 0.05) is 13.0 Å². The van der Waals surface area contributed by atoms with E-state index in [1.807, 2.05) is 0 Å². The van der Waals surface area contributed by atoms with E-state index in [4.69, 9.17) is 15.3 Å². The van der Waals surface area contributed by atoms with Gasteiger partial charge < -0.3 is 20.6 Å². The van der Waals surface area contributed by atoms with Crippen molar-refractivity contribution in [2.75, 3.05) is 6.54 Å². The average Bonchev–Trinajstić information content (AvgIpc) is 2.34. The van der Waals surface area contributed by atoms with Crippen LogP contribution in [0.15, 0.2) is 0 Å². The molecular formula is C9H14N2O7S2. The van der Waals surface area contributed by atoms with Crippen molar-refractivity contribution in [2.45, 2.75) is 24.1 Å². The summed E-state index contributed by atoms with van der Waals surface area (Å²) in [6.07, 6.45) is -0.781. The van der Waals surface area contributed by atoms with Gasteiger partial charge in [-0.1, -0.05) is 12.8 Å². The summed E-state index contributed by atoms with van der Waals surface area (Å²) in [6, 6.07) is -2.40. The zero-order chi connectivity index (χ0) is 15.9. The summed E-state index contributed by atoms with van der Waals surface area (Å²) in [7, 11) is 0. The molecule has 2 unspecified atom stereocenters. The molecule has 0 saturated carbocycles. The summed E-state index contributed by atoms with van der Waals surface area (Å²) in [5, 5.41) is 26.9. The van der Waals surface area contributed by atoms with Gasteiger partial charge in [0.2, 0.25) is 0 Å². The van der Waals surface area contributed by atoms with E-state index < -0.39 is 41.7 Å². The van der Waals surface area contributed by atoms with Crippen molar-refractivity contribution in [3.63, 3.8) is 0 Å². The standard InChI is InChI=1S/C9H14N2O7S2/c12-6(13)2-1-4(7(14)15)11(20)9(18)10-3-5(19)8(16)17/h4-5,19-20H,1-3H2,(H,10,18)(H,12,13)(H,14,15)(H,16,17). The molecule has 114 valence electrons. The van der Waals surface area contributed by atoms with Gasteiger partial charge in [0.1, 0.15) is 11.3 Å². The first-order valence-electron chi connectivity index (χ1n) is 5.28. The Morgan fingerprint density at radius 2 is 1.65 bits per heavy atom. The first-order valence-corrected chi connectivity index (χ1v) is 6.19. The number of hydrogen-bond acceptors (Lipinski definition) is 6. The molecule has 0 aliphatic rings. The van der Waals surface area contributed by atoms with E-state index in [-0.39, 0.29) is 13.0 Å². The number of nitrogens with zero attached hydrogens (tertiary/aromatic N) is 1. The molecule has 2 atom stereocenters. The lowest BCUT2D eigenvalue weighted by atomic mass is 10.1. The summed E-state index contributed by atoms with van der Waals surface area (Å²) in [6.45, 7) is -0.334. The van der Waals surface area contributed by atoms with Gasteiger partial charge in [-0.3, -0.25) is 13.9 Å². The van der Waals surface area contributed by atoms with Crippen LogP contribution in [0.2, 0.25) is 0 Å². The zero-order valence-corrected chi connectivity index (χ0v) is 11.9. The fraction of sp³-hybridized carbons (Fsp3) is 0.556. The lowest BCUT2D eigenvalue weighted by molar-refractivity contribution is -0.142. The first-order chi connectivity index (χ1) is 9.16. The van der Waals surface area contributed by atoms with E-state index >= 15 is 0 Å². The summed E-state index contributed by atoms with van der Waals surface area (Å²) in [5.74, 6) is -3.88. The zero-order valence-electron chi connectivity index (χ0n) is 10.1. The highest BCUT2D eigenvalue weighted by Gasteiger charge is 2.28. The van der Waals surface area contributed by atoms with Crippen molar-refractivity contribution in [2.24, 2.45) is 0 Å². The number of aliphatic carboxylic acids is 3. The van der Waals surface area contributed by atoms with E-state index in [0.29, 0.717) is 4.31 Å². The highest BCUT2D eigenvalue weighted by atomic mass is 32.1. The second-order valence-electron chi connectivity index (χ2n) is 3.67. The molecule has 0 spiro atoms. The van der Waals surface area contributed by atoms with E-state index in [9.17, 15) is 19.2 Å². The maximum atomic E-state index is 11.6. The van der Waals surface area contributed by atoms with Gasteiger partial charge in [0.25, 0.3) is 0 Å². The minimum atomic E-state index is -1.45. The number of amides is 2. The fourth-order valence-corrected chi connectivity index (χ4v) is 1.48. The minimum absolute atomic E-state index is 0.329. The molecule has 0 aromatic carbocycles. The summed E-state index contributed by atoms with van der Waals surface area (Å²) >= 11 is 7.37. The fourth-order valence-electron chi connectivity index (χ4n) is 1.10. The Morgan fingerprint density at radius 3 is 2.05 bits per heavy atom. The second-order valence-corrected chi connectivity index (χ2v) is 4.73. The number of carbonyl (C=O) groups is 4. The van der Waals surface area contributed by atoms with Crippen LogP contribution in [0.4, 0.5) is 4.79 Å². The van der Waals surface area contributed by atoms with E-state index in [2.05, 4.69) is 30.8 Å². The average molecular weight is 326 g/mol. The van der Waals surface area contributed by atoms with Crippen LogP contribution in [0.25, 0.3) is 0 Å². The van der Waals surface area contributed by atoms with Gasteiger partial charge in [-0.15, -0.1) is 0 Å². The van der Waals surface area contributed by atoms with Gasteiger partial charge in [0.05, 0.1) is 0 Å². The van der Waals surface area contributed by atoms with Gasteiger partial charge in [0.15, 0.2) is 0 Å². The Balaban J connectivity index is 4.52. The van der Waals surface area contributed by atoms with Gasteiger partial charge in [-0.25, -0.2) is 9.59 Å². The molecule has 0 aliphatic heterocycles. The highest BCUT2D eigenvalue weighted by molar-refractivity contribution is 7.81. The minimum Gasteiger partial charge on any atom is -0.481 e. The molecule has 0 heterocycles. The van der Waals surface area contributed by atoms with E-state index in [0.717, 1.165) is 0 Å². The number of hydrogen-bond donors (Lipinski definition) is 6. The predicted octanol–water partition coefficient (Wildman–Crippen LogP) is -0.456. The predicted molar refractivity (Wildman–Crippen MR) is 72.9 cm³/mol. The largest absolute Gasteiger partial charge is 0.481 e. The van der Waals surface area contributed by atoms with Crippen molar-refractivity contribution < 1.29 is 34.5 Å². The maximum absolute atomic E-state index is 11.6. The molecule has 0 bridgehead atoms. The van der Waals surface area contributed by atoms with Crippen LogP contribution in [0.3, 0.4) is 0 Å². The Labute approximate surface area is 124 Å². The van der Waals surface area contributed by atoms with E-state index in [1.165, 1.54) is 0 Å². The van der Waals surface area contributed by atoms with Gasteiger partial charge in [-0.05, 0) is 6.42 Å². The number of carboxylic acid groups (broad SMARTS) is 3. The van der Waals surface area contributed by atoms with Crippen LogP contribution < -0.4 is 5.32 Å². The molecule has 20 heavy (non-hydrogen) atoms. The second kappa shape index (κ2) is 8.53. The Hall–Kier alpha value is -1.62. The summed E-state index contributed by atoms with van der Waals surface area (Å²) < 4.78 is 0.508. The molecule has 0 aromatic rings. The third-order valence-corrected chi connectivity index (χ3v) is 3.02. The monoisotopic (exact) mass is 326 g/mol. The normalized spacial score (nSPS) is 13.1. The van der Waals surface area contributed by atoms with Crippen LogP contribution in [0.5, 0.6) is 0 Å². The number of carboxylic acids is 3. The Bertz CT molecular complexity index is 404. The molecule has 0 fully saturated rings. The van der Waals surface area contributed by atoms with Crippen molar-refractivity contribution >= 4 is 49.4 Å². The maximum Gasteiger partial charge on any atom is 0.328 e. The van der Waals surface area contributed by atoms with Crippen LogP contribution in [-0.4, -0.2) is 61.4 Å². The summed E-state index contributed by atoms with van der Waals surface area (Å²) in [4.78, 5) is 43.4. The van der Waals surface area contributed by atoms with Crippen molar-refractivity contribution in [3.05, 3.63) is 0 Å². The molecular weight excluding hydrogens is 312 g/mol. The van der Waals surface area contributed by atoms with Gasteiger partial charge in [-0.2, -0.15) is 12.6 Å². The lowest BCUT2D eigenvalue weighted by Gasteiger charge is -2.23. The topological polar surface area (TPSA) is 144 Å². The Kier molecular flexibility index (Phi) is 7.84. The van der Waals surface area contributed by atoms with Crippen LogP contribution >= 0.6 is 25.4 Å². The highest BCUT2D eigenvalue weighted by Crippen LogP contribution is 2.11. The molecule has 9 nitrogen and oxygen atoms in total. The number of thiol groups is 2. The number of carbonyl (C=O) groups excluding carboxylic acids is 1. The smallest absolute Gasteiger partial charge is 0.328 e. The quantitative estimate of drug-likeness (QED) is 0.331. The molecule has 0 aliphatic carbocycles. The molecule has 2 amide bonds. The van der Waals surface area contributed by atoms with E-state index in [1.54, 1.807) is 0 Å². The van der Waals surface area contributed by atoms with Gasteiger partial charge >= 0.3 is 23.9 Å².